The molecule has 3 heterocycles. The van der Waals surface area contributed by atoms with Crippen molar-refractivity contribution in [1.29, 1.82) is 0 Å². The van der Waals surface area contributed by atoms with Gasteiger partial charge in [-0.2, -0.15) is 26.3 Å². The summed E-state index contributed by atoms with van der Waals surface area (Å²) in [7, 11) is 3.16. The van der Waals surface area contributed by atoms with Crippen LogP contribution in [-0.4, -0.2) is 79.2 Å². The third-order valence-electron chi connectivity index (χ3n) is 14.0. The number of alkyl halides is 6. The van der Waals surface area contributed by atoms with Gasteiger partial charge in [-0.15, -0.1) is 0 Å². The summed E-state index contributed by atoms with van der Waals surface area (Å²) in [5, 5.41) is 1.22. The smallest absolute Gasteiger partial charge is 0.389 e. The Kier molecular flexibility index (Phi) is 11.6. The second kappa shape index (κ2) is 17.5. The third kappa shape index (κ3) is 8.24. The lowest BCUT2D eigenvalue weighted by Gasteiger charge is -2.40. The zero-order valence-electron chi connectivity index (χ0n) is 37.2. The topological polar surface area (TPSA) is 52.6 Å². The van der Waals surface area contributed by atoms with Gasteiger partial charge in [-0.3, -0.25) is 0 Å². The number of methoxy groups -OCH3 is 2. The van der Waals surface area contributed by atoms with E-state index >= 15 is 0 Å². The van der Waals surface area contributed by atoms with E-state index in [1.807, 2.05) is 103 Å². The highest BCUT2D eigenvalue weighted by Gasteiger charge is 2.51. The molecule has 13 heteroatoms. The SMILES string of the molecule is COc1ccc(C2(c3ccc(N4CCOCC4)cc3)C=Cc3c4c(c5cc(-c6ccc(N7CCOCC7)cc6)c(OC)cc5c3O2)-c2ccccc2C4(CCC(F)(F)F)CCC(F)(F)F)cc1. The van der Waals surface area contributed by atoms with Gasteiger partial charge in [0.2, 0.25) is 0 Å². The van der Waals surface area contributed by atoms with Crippen molar-refractivity contribution >= 4 is 28.2 Å². The molecule has 4 aliphatic rings. The molecule has 0 N–H and O–H groups in total. The van der Waals surface area contributed by atoms with E-state index in [2.05, 4.69) is 9.80 Å². The minimum Gasteiger partial charge on any atom is -0.497 e. The Labute approximate surface area is 385 Å². The lowest BCUT2D eigenvalue weighted by atomic mass is 9.68. The van der Waals surface area contributed by atoms with E-state index < -0.39 is 49.1 Å². The van der Waals surface area contributed by atoms with Gasteiger partial charge in [0.1, 0.15) is 17.2 Å². The molecule has 1 unspecified atom stereocenters. The van der Waals surface area contributed by atoms with Crippen LogP contribution in [0.25, 0.3) is 39.1 Å². The van der Waals surface area contributed by atoms with Gasteiger partial charge in [0.05, 0.1) is 40.6 Å². The molecule has 0 saturated carbocycles. The van der Waals surface area contributed by atoms with Gasteiger partial charge in [0, 0.05) is 83.5 Å². The van der Waals surface area contributed by atoms with Crippen LogP contribution in [0.15, 0.2) is 115 Å². The Morgan fingerprint density at radius 3 is 1.72 bits per heavy atom. The van der Waals surface area contributed by atoms with E-state index in [4.69, 9.17) is 23.7 Å². The number of hydrogen-bond acceptors (Lipinski definition) is 7. The molecule has 0 bridgehead atoms. The number of fused-ring (bicyclic) bond motifs is 8. The maximum absolute atomic E-state index is 14.5. The van der Waals surface area contributed by atoms with Crippen LogP contribution < -0.4 is 24.0 Å². The molecule has 10 rings (SSSR count). The van der Waals surface area contributed by atoms with Gasteiger partial charge in [0.25, 0.3) is 0 Å². The lowest BCUT2D eigenvalue weighted by molar-refractivity contribution is -0.143. The van der Waals surface area contributed by atoms with Crippen molar-refractivity contribution < 1.29 is 50.0 Å². The van der Waals surface area contributed by atoms with Crippen molar-refractivity contribution in [3.8, 4) is 39.5 Å². The number of benzene rings is 6. The number of ether oxygens (including phenoxy) is 5. The van der Waals surface area contributed by atoms with Gasteiger partial charge < -0.3 is 33.5 Å². The summed E-state index contributed by atoms with van der Waals surface area (Å²) < 4.78 is 118. The van der Waals surface area contributed by atoms with Gasteiger partial charge in [-0.05, 0) is 101 Å². The molecule has 0 spiro atoms. The molecule has 67 heavy (non-hydrogen) atoms. The first kappa shape index (κ1) is 44.6. The largest absolute Gasteiger partial charge is 0.497 e. The summed E-state index contributed by atoms with van der Waals surface area (Å²) in [5.41, 5.74) is 4.49. The van der Waals surface area contributed by atoms with E-state index in [0.29, 0.717) is 87.8 Å². The molecule has 1 atom stereocenters. The number of hydrogen-bond donors (Lipinski definition) is 0. The van der Waals surface area contributed by atoms with Crippen LogP contribution >= 0.6 is 0 Å². The molecule has 3 aliphatic heterocycles. The Morgan fingerprint density at radius 1 is 0.612 bits per heavy atom. The normalized spacial score (nSPS) is 18.9. The molecule has 6 aromatic carbocycles. The molecule has 2 saturated heterocycles. The second-order valence-corrected chi connectivity index (χ2v) is 17.6. The highest BCUT2D eigenvalue weighted by atomic mass is 19.4. The number of nitrogens with zero attached hydrogens (tertiary/aromatic N) is 2. The fourth-order valence-electron chi connectivity index (χ4n) is 10.7. The predicted molar refractivity (Wildman–Crippen MR) is 249 cm³/mol. The van der Waals surface area contributed by atoms with E-state index in [1.54, 1.807) is 32.4 Å². The van der Waals surface area contributed by atoms with Crippen molar-refractivity contribution in [1.82, 2.24) is 0 Å². The average molecular weight is 921 g/mol. The first-order valence-corrected chi connectivity index (χ1v) is 22.7. The first-order chi connectivity index (χ1) is 32.3. The van der Waals surface area contributed by atoms with Crippen LogP contribution in [-0.2, 0) is 20.5 Å². The Morgan fingerprint density at radius 2 is 1.16 bits per heavy atom. The van der Waals surface area contributed by atoms with Gasteiger partial charge in [-0.25, -0.2) is 0 Å². The van der Waals surface area contributed by atoms with Crippen LogP contribution in [0.3, 0.4) is 0 Å². The maximum Gasteiger partial charge on any atom is 0.389 e. The number of rotatable bonds is 11. The molecule has 0 aromatic heterocycles. The molecule has 7 nitrogen and oxygen atoms in total. The highest BCUT2D eigenvalue weighted by Crippen LogP contribution is 2.62. The number of morpholine rings is 2. The second-order valence-electron chi connectivity index (χ2n) is 17.6. The number of halogens is 6. The third-order valence-corrected chi connectivity index (χ3v) is 14.0. The summed E-state index contributed by atoms with van der Waals surface area (Å²) >= 11 is 0. The van der Waals surface area contributed by atoms with E-state index in [-0.39, 0.29) is 0 Å². The van der Waals surface area contributed by atoms with E-state index in [9.17, 15) is 26.3 Å². The average Bonchev–Trinajstić information content (AvgIpc) is 3.65. The minimum absolute atomic E-state index is 0.327. The number of anilines is 2. The fourth-order valence-corrected chi connectivity index (χ4v) is 10.7. The van der Waals surface area contributed by atoms with Crippen LogP contribution in [0.4, 0.5) is 37.7 Å². The highest BCUT2D eigenvalue weighted by molar-refractivity contribution is 6.10. The van der Waals surface area contributed by atoms with Crippen molar-refractivity contribution in [2.24, 2.45) is 0 Å². The van der Waals surface area contributed by atoms with Crippen LogP contribution in [0, 0.1) is 0 Å². The summed E-state index contributed by atoms with van der Waals surface area (Å²) in [4.78, 5) is 4.49. The van der Waals surface area contributed by atoms with Crippen molar-refractivity contribution in [3.05, 3.63) is 143 Å². The summed E-state index contributed by atoms with van der Waals surface area (Å²) in [5.74, 6) is 1.47. The molecule has 0 radical (unpaired) electrons. The molecule has 0 amide bonds. The Balaban J connectivity index is 1.24. The quantitative estimate of drug-likeness (QED) is 0.120. The van der Waals surface area contributed by atoms with Crippen LogP contribution in [0.2, 0.25) is 0 Å². The van der Waals surface area contributed by atoms with Crippen molar-refractivity contribution in [2.45, 2.75) is 49.1 Å². The summed E-state index contributed by atoms with van der Waals surface area (Å²) in [6.07, 6.45) is -9.31. The zero-order valence-corrected chi connectivity index (χ0v) is 37.2. The van der Waals surface area contributed by atoms with E-state index in [0.717, 1.165) is 54.2 Å². The predicted octanol–water partition coefficient (Wildman–Crippen LogP) is 12.5. The van der Waals surface area contributed by atoms with Crippen molar-refractivity contribution in [3.63, 3.8) is 0 Å². The monoisotopic (exact) mass is 920 g/mol. The van der Waals surface area contributed by atoms with Crippen LogP contribution in [0.1, 0.15) is 53.5 Å². The van der Waals surface area contributed by atoms with Gasteiger partial charge in [0.15, 0.2) is 5.60 Å². The first-order valence-electron chi connectivity index (χ1n) is 22.7. The standard InChI is InChI=1S/C54H50F6N2O5/c1-63-40-17-11-37(12-18-40)52(36-9-15-39(16-10-36)62-27-31-66-32-28-62)20-19-42-49-48(41-5-3-4-6-46(41)51(49,21-23-53(55,56)57)22-24-54(58,59)60)44-33-43(47(64-2)34-45(44)50(42)67-52)35-7-13-38(14-8-35)61-25-29-65-30-26-61/h3-20,33-34H,21-32H2,1-2H3. The zero-order chi connectivity index (χ0) is 46.6. The summed E-state index contributed by atoms with van der Waals surface area (Å²) in [6, 6.07) is 34.5. The van der Waals surface area contributed by atoms with Gasteiger partial charge in [-0.1, -0.05) is 66.7 Å². The minimum atomic E-state index is -4.64. The van der Waals surface area contributed by atoms with Crippen molar-refractivity contribution in [2.75, 3.05) is 76.6 Å². The molecule has 348 valence electrons. The van der Waals surface area contributed by atoms with E-state index in [1.165, 1.54) is 0 Å². The maximum atomic E-state index is 14.5. The molecule has 1 aliphatic carbocycles. The van der Waals surface area contributed by atoms with Crippen LogP contribution in [0.5, 0.6) is 17.2 Å². The molecule has 2 fully saturated rings. The Bertz CT molecular complexity index is 2780. The molecule has 6 aromatic rings. The molecular formula is C54H50F6N2O5. The summed E-state index contributed by atoms with van der Waals surface area (Å²) in [6.45, 7) is 5.45. The Hall–Kier alpha value is -6.18. The lowest BCUT2D eigenvalue weighted by Crippen LogP contribution is -2.37. The molecular weight excluding hydrogens is 871 g/mol. The fraction of sp³-hybridized carbons (Fsp3) is 0.333. The van der Waals surface area contributed by atoms with Gasteiger partial charge >= 0.3 is 12.4 Å².